The lowest BCUT2D eigenvalue weighted by Gasteiger charge is -2.17. The van der Waals surface area contributed by atoms with Crippen molar-refractivity contribution in [1.29, 1.82) is 0 Å². The zero-order valence-electron chi connectivity index (χ0n) is 11.3. The van der Waals surface area contributed by atoms with Gasteiger partial charge in [0.25, 0.3) is 0 Å². The van der Waals surface area contributed by atoms with Gasteiger partial charge in [0.05, 0.1) is 14.2 Å². The van der Waals surface area contributed by atoms with Crippen molar-refractivity contribution in [2.24, 2.45) is 0 Å². The number of ether oxygens (including phenoxy) is 2. The fraction of sp³-hybridized carbons (Fsp3) is 0.571. The molecule has 1 atom stereocenters. The zero-order chi connectivity index (χ0) is 13.7. The Morgan fingerprint density at radius 3 is 2.00 bits per heavy atom. The first kappa shape index (κ1) is 14.7. The third-order valence-corrected chi connectivity index (χ3v) is 3.09. The van der Waals surface area contributed by atoms with Gasteiger partial charge in [-0.05, 0) is 12.3 Å². The molecule has 0 saturated carbocycles. The predicted octanol–water partition coefficient (Wildman–Crippen LogP) is 4.28. The molecule has 0 N–H and O–H groups in total. The lowest BCUT2D eigenvalue weighted by molar-refractivity contribution is 0.349. The molecule has 4 heteroatoms. The second-order valence-corrected chi connectivity index (χ2v) is 4.37. The maximum Gasteiger partial charge on any atom is 0.171 e. The molecule has 0 heterocycles. The molecule has 0 amide bonds. The van der Waals surface area contributed by atoms with E-state index in [4.69, 9.17) is 9.47 Å². The summed E-state index contributed by atoms with van der Waals surface area (Å²) in [7, 11) is 2.71. The minimum absolute atomic E-state index is 0.0200. The van der Waals surface area contributed by atoms with Crippen molar-refractivity contribution < 1.29 is 18.3 Å². The molecule has 0 fully saturated rings. The van der Waals surface area contributed by atoms with Crippen LogP contribution in [0.4, 0.5) is 8.78 Å². The van der Waals surface area contributed by atoms with E-state index in [0.717, 1.165) is 19.3 Å². The number of hydrogen-bond acceptors (Lipinski definition) is 2. The van der Waals surface area contributed by atoms with Gasteiger partial charge in [0, 0.05) is 11.6 Å². The van der Waals surface area contributed by atoms with Crippen LogP contribution in [0.25, 0.3) is 0 Å². The summed E-state index contributed by atoms with van der Waals surface area (Å²) in [5, 5.41) is 0. The summed E-state index contributed by atoms with van der Waals surface area (Å²) in [5.74, 6) is -1.41. The van der Waals surface area contributed by atoms with Gasteiger partial charge >= 0.3 is 0 Å². The summed E-state index contributed by atoms with van der Waals surface area (Å²) in [6.07, 6.45) is 2.66. The van der Waals surface area contributed by atoms with Crippen LogP contribution in [-0.2, 0) is 0 Å². The molecule has 0 spiro atoms. The van der Waals surface area contributed by atoms with Crippen molar-refractivity contribution in [3.8, 4) is 11.5 Å². The molecule has 1 rings (SSSR count). The maximum absolute atomic E-state index is 14.1. The summed E-state index contributed by atoms with van der Waals surface area (Å²) in [6.45, 7) is 3.86. The second-order valence-electron chi connectivity index (χ2n) is 4.37. The van der Waals surface area contributed by atoms with Crippen LogP contribution in [0.15, 0.2) is 6.07 Å². The Balaban J connectivity index is 3.22. The van der Waals surface area contributed by atoms with Crippen molar-refractivity contribution in [3.63, 3.8) is 0 Å². The normalized spacial score (nSPS) is 12.3. The number of rotatable bonds is 6. The Labute approximate surface area is 107 Å². The summed E-state index contributed by atoms with van der Waals surface area (Å²) < 4.78 is 38.0. The molecule has 0 aliphatic carbocycles. The Bertz CT molecular complexity index is 377. The standard InChI is InChI=1S/C14H20F2O2/c1-5-6-7-9(2)12-13(15)10(17-3)8-11(18-4)14(12)16/h8-9H,5-7H2,1-4H3/t9-/m0/s1. The van der Waals surface area contributed by atoms with E-state index < -0.39 is 11.6 Å². The van der Waals surface area contributed by atoms with Crippen LogP contribution < -0.4 is 9.47 Å². The Morgan fingerprint density at radius 1 is 1.11 bits per heavy atom. The van der Waals surface area contributed by atoms with Gasteiger partial charge in [0.15, 0.2) is 23.1 Å². The highest BCUT2D eigenvalue weighted by Crippen LogP contribution is 2.36. The van der Waals surface area contributed by atoms with Crippen molar-refractivity contribution in [3.05, 3.63) is 23.3 Å². The molecule has 102 valence electrons. The molecular formula is C14H20F2O2. The molecule has 0 aliphatic rings. The molecule has 0 aliphatic heterocycles. The number of methoxy groups -OCH3 is 2. The minimum Gasteiger partial charge on any atom is -0.494 e. The third kappa shape index (κ3) is 2.92. The van der Waals surface area contributed by atoms with Gasteiger partial charge < -0.3 is 9.47 Å². The largest absolute Gasteiger partial charge is 0.494 e. The van der Waals surface area contributed by atoms with Crippen molar-refractivity contribution >= 4 is 0 Å². The quantitative estimate of drug-likeness (QED) is 0.758. The van der Waals surface area contributed by atoms with Gasteiger partial charge in [-0.2, -0.15) is 0 Å². The monoisotopic (exact) mass is 258 g/mol. The van der Waals surface area contributed by atoms with E-state index >= 15 is 0 Å². The number of unbranched alkanes of at least 4 members (excludes halogenated alkanes) is 1. The molecule has 0 radical (unpaired) electrons. The van der Waals surface area contributed by atoms with E-state index in [2.05, 4.69) is 0 Å². The van der Waals surface area contributed by atoms with Gasteiger partial charge in [-0.25, -0.2) is 8.78 Å². The molecule has 18 heavy (non-hydrogen) atoms. The van der Waals surface area contributed by atoms with Gasteiger partial charge in [0.2, 0.25) is 0 Å². The van der Waals surface area contributed by atoms with Crippen LogP contribution in [0.2, 0.25) is 0 Å². The molecule has 2 nitrogen and oxygen atoms in total. The van der Waals surface area contributed by atoms with Crippen molar-refractivity contribution in [2.75, 3.05) is 14.2 Å². The van der Waals surface area contributed by atoms with Gasteiger partial charge in [-0.15, -0.1) is 0 Å². The smallest absolute Gasteiger partial charge is 0.171 e. The second kappa shape index (κ2) is 6.57. The predicted molar refractivity (Wildman–Crippen MR) is 67.4 cm³/mol. The van der Waals surface area contributed by atoms with Gasteiger partial charge in [-0.1, -0.05) is 26.7 Å². The van der Waals surface area contributed by atoms with Crippen LogP contribution in [0, 0.1) is 11.6 Å². The van der Waals surface area contributed by atoms with E-state index in [9.17, 15) is 8.78 Å². The maximum atomic E-state index is 14.1. The van der Waals surface area contributed by atoms with E-state index in [1.807, 2.05) is 13.8 Å². The Hall–Kier alpha value is -1.32. The molecular weight excluding hydrogens is 238 g/mol. The molecule has 1 aromatic carbocycles. The fourth-order valence-corrected chi connectivity index (χ4v) is 1.99. The molecule has 0 saturated heterocycles. The van der Waals surface area contributed by atoms with Crippen LogP contribution >= 0.6 is 0 Å². The van der Waals surface area contributed by atoms with Crippen LogP contribution in [0.3, 0.4) is 0 Å². The topological polar surface area (TPSA) is 18.5 Å². The third-order valence-electron chi connectivity index (χ3n) is 3.09. The van der Waals surface area contributed by atoms with E-state index in [1.54, 1.807) is 0 Å². The molecule has 1 aromatic rings. The van der Waals surface area contributed by atoms with Crippen molar-refractivity contribution in [2.45, 2.75) is 39.0 Å². The Kier molecular flexibility index (Phi) is 5.38. The molecule has 0 unspecified atom stereocenters. The first-order chi connectivity index (χ1) is 8.56. The molecule has 0 bridgehead atoms. The van der Waals surface area contributed by atoms with Crippen LogP contribution in [0.5, 0.6) is 11.5 Å². The van der Waals surface area contributed by atoms with Gasteiger partial charge in [-0.3, -0.25) is 0 Å². The highest BCUT2D eigenvalue weighted by atomic mass is 19.1. The minimum atomic E-state index is -0.626. The summed E-state index contributed by atoms with van der Waals surface area (Å²) in [6, 6.07) is 1.24. The first-order valence-corrected chi connectivity index (χ1v) is 6.16. The summed E-state index contributed by atoms with van der Waals surface area (Å²) >= 11 is 0. The Morgan fingerprint density at radius 2 is 1.61 bits per heavy atom. The van der Waals surface area contributed by atoms with Gasteiger partial charge in [0.1, 0.15) is 0 Å². The van der Waals surface area contributed by atoms with Crippen LogP contribution in [0.1, 0.15) is 44.6 Å². The number of hydrogen-bond donors (Lipinski definition) is 0. The van der Waals surface area contributed by atoms with E-state index in [-0.39, 0.29) is 23.0 Å². The lowest BCUT2D eigenvalue weighted by Crippen LogP contribution is -2.06. The summed E-state index contributed by atoms with van der Waals surface area (Å²) in [4.78, 5) is 0. The lowest BCUT2D eigenvalue weighted by atomic mass is 9.94. The highest BCUT2D eigenvalue weighted by molar-refractivity contribution is 5.43. The summed E-state index contributed by atoms with van der Waals surface area (Å²) in [5.41, 5.74) is 0.0552. The average Bonchev–Trinajstić information content (AvgIpc) is 2.37. The van der Waals surface area contributed by atoms with Crippen molar-refractivity contribution in [1.82, 2.24) is 0 Å². The fourth-order valence-electron chi connectivity index (χ4n) is 1.99. The SMILES string of the molecule is CCCC[C@H](C)c1c(F)c(OC)cc(OC)c1F. The zero-order valence-corrected chi connectivity index (χ0v) is 11.3. The van der Waals surface area contributed by atoms with E-state index in [1.165, 1.54) is 20.3 Å². The first-order valence-electron chi connectivity index (χ1n) is 6.16. The van der Waals surface area contributed by atoms with Crippen LogP contribution in [-0.4, -0.2) is 14.2 Å². The number of benzene rings is 1. The highest BCUT2D eigenvalue weighted by Gasteiger charge is 2.23. The van der Waals surface area contributed by atoms with E-state index in [0.29, 0.717) is 0 Å². The molecule has 0 aromatic heterocycles. The number of halogens is 2. The average molecular weight is 258 g/mol.